The van der Waals surface area contributed by atoms with Crippen molar-refractivity contribution < 1.29 is 0 Å². The summed E-state index contributed by atoms with van der Waals surface area (Å²) in [5, 5.41) is 3.41. The van der Waals surface area contributed by atoms with E-state index in [1.54, 1.807) is 0 Å². The van der Waals surface area contributed by atoms with Crippen LogP contribution in [0.5, 0.6) is 0 Å². The third kappa shape index (κ3) is 4.22. The Kier molecular flexibility index (Phi) is 5.15. The number of hydrogen-bond acceptors (Lipinski definition) is 3. The maximum Gasteiger partial charge on any atom is 0.0321 e. The largest absolute Gasteiger partial charge is 0.312 e. The zero-order chi connectivity index (χ0) is 10.4. The van der Waals surface area contributed by atoms with Gasteiger partial charge in [-0.3, -0.25) is 0 Å². The molecule has 0 aliphatic rings. The Morgan fingerprint density at radius 3 is 2.64 bits per heavy atom. The number of thiophene rings is 1. The van der Waals surface area contributed by atoms with E-state index in [9.17, 15) is 0 Å². The van der Waals surface area contributed by atoms with Gasteiger partial charge in [0.2, 0.25) is 0 Å². The molecule has 0 atom stereocenters. The van der Waals surface area contributed by atoms with Crippen molar-refractivity contribution in [1.29, 1.82) is 0 Å². The summed E-state index contributed by atoms with van der Waals surface area (Å²) in [5.74, 6) is 0. The number of nitrogens with zero attached hydrogens (tertiary/aromatic N) is 1. The molecule has 1 aromatic rings. The van der Waals surface area contributed by atoms with Crippen molar-refractivity contribution in [3.63, 3.8) is 0 Å². The van der Waals surface area contributed by atoms with Crippen molar-refractivity contribution in [2.24, 2.45) is 0 Å². The van der Waals surface area contributed by atoms with Crippen LogP contribution in [-0.2, 0) is 13.1 Å². The maximum absolute atomic E-state index is 3.41. The molecule has 0 aliphatic heterocycles. The third-order valence-electron chi connectivity index (χ3n) is 1.92. The SMILES string of the molecule is CCCNCc1ccc(CN(C)C)s1. The van der Waals surface area contributed by atoms with E-state index < -0.39 is 0 Å². The summed E-state index contributed by atoms with van der Waals surface area (Å²) in [5.41, 5.74) is 0. The van der Waals surface area contributed by atoms with Crippen molar-refractivity contribution >= 4 is 11.3 Å². The van der Waals surface area contributed by atoms with Gasteiger partial charge in [-0.25, -0.2) is 0 Å². The topological polar surface area (TPSA) is 15.3 Å². The van der Waals surface area contributed by atoms with Crippen LogP contribution >= 0.6 is 11.3 Å². The molecule has 14 heavy (non-hydrogen) atoms. The number of nitrogens with one attached hydrogen (secondary N) is 1. The molecule has 1 heterocycles. The maximum atomic E-state index is 3.41. The van der Waals surface area contributed by atoms with E-state index in [4.69, 9.17) is 0 Å². The molecule has 80 valence electrons. The van der Waals surface area contributed by atoms with Crippen LogP contribution in [0.15, 0.2) is 12.1 Å². The summed E-state index contributed by atoms with van der Waals surface area (Å²) in [4.78, 5) is 5.09. The average Bonchev–Trinajstić information content (AvgIpc) is 2.52. The fourth-order valence-corrected chi connectivity index (χ4v) is 2.41. The molecular formula is C11H20N2S. The predicted octanol–water partition coefficient (Wildman–Crippen LogP) is 2.31. The van der Waals surface area contributed by atoms with Gasteiger partial charge in [0, 0.05) is 22.8 Å². The zero-order valence-electron chi connectivity index (χ0n) is 9.34. The van der Waals surface area contributed by atoms with Crippen LogP contribution in [0.3, 0.4) is 0 Å². The van der Waals surface area contributed by atoms with Gasteiger partial charge in [-0.05, 0) is 39.2 Å². The second kappa shape index (κ2) is 6.17. The molecule has 0 amide bonds. The standard InChI is InChI=1S/C11H20N2S/c1-4-7-12-8-10-5-6-11(14-10)9-13(2)3/h5-6,12H,4,7-9H2,1-3H3. The summed E-state index contributed by atoms with van der Waals surface area (Å²) in [6.07, 6.45) is 1.20. The van der Waals surface area contributed by atoms with Gasteiger partial charge in [-0.15, -0.1) is 11.3 Å². The van der Waals surface area contributed by atoms with E-state index in [0.29, 0.717) is 0 Å². The van der Waals surface area contributed by atoms with Gasteiger partial charge in [0.1, 0.15) is 0 Å². The van der Waals surface area contributed by atoms with E-state index in [1.165, 1.54) is 16.2 Å². The van der Waals surface area contributed by atoms with Crippen LogP contribution in [0.1, 0.15) is 23.1 Å². The van der Waals surface area contributed by atoms with Crippen LogP contribution in [0.2, 0.25) is 0 Å². The Morgan fingerprint density at radius 2 is 2.00 bits per heavy atom. The van der Waals surface area contributed by atoms with Gasteiger partial charge in [0.25, 0.3) is 0 Å². The van der Waals surface area contributed by atoms with Gasteiger partial charge in [-0.1, -0.05) is 6.92 Å². The minimum atomic E-state index is 1.02. The Labute approximate surface area is 90.9 Å². The van der Waals surface area contributed by atoms with Gasteiger partial charge in [0.05, 0.1) is 0 Å². The highest BCUT2D eigenvalue weighted by molar-refractivity contribution is 7.11. The average molecular weight is 212 g/mol. The lowest BCUT2D eigenvalue weighted by atomic mass is 10.4. The molecule has 3 heteroatoms. The minimum absolute atomic E-state index is 1.02. The first-order valence-corrected chi connectivity index (χ1v) is 5.97. The minimum Gasteiger partial charge on any atom is -0.312 e. The highest BCUT2D eigenvalue weighted by Crippen LogP contribution is 2.17. The van der Waals surface area contributed by atoms with E-state index >= 15 is 0 Å². The fraction of sp³-hybridized carbons (Fsp3) is 0.636. The zero-order valence-corrected chi connectivity index (χ0v) is 10.2. The molecule has 0 aliphatic carbocycles. The number of rotatable bonds is 6. The lowest BCUT2D eigenvalue weighted by molar-refractivity contribution is 0.406. The van der Waals surface area contributed by atoms with Crippen LogP contribution in [0, 0.1) is 0 Å². The molecule has 1 N–H and O–H groups in total. The first-order valence-electron chi connectivity index (χ1n) is 5.15. The highest BCUT2D eigenvalue weighted by atomic mass is 32.1. The van der Waals surface area contributed by atoms with Crippen LogP contribution in [-0.4, -0.2) is 25.5 Å². The van der Waals surface area contributed by atoms with Crippen LogP contribution in [0.4, 0.5) is 0 Å². The van der Waals surface area contributed by atoms with Gasteiger partial charge in [0.15, 0.2) is 0 Å². The molecule has 0 aromatic carbocycles. The first-order chi connectivity index (χ1) is 6.72. The second-order valence-corrected chi connectivity index (χ2v) is 5.04. The third-order valence-corrected chi connectivity index (χ3v) is 2.99. The lowest BCUT2D eigenvalue weighted by Crippen LogP contribution is -2.12. The van der Waals surface area contributed by atoms with Crippen molar-refractivity contribution in [3.05, 3.63) is 21.9 Å². The van der Waals surface area contributed by atoms with Crippen molar-refractivity contribution in [3.8, 4) is 0 Å². The summed E-state index contributed by atoms with van der Waals surface area (Å²) in [6.45, 7) is 5.38. The Bertz CT molecular complexity index is 256. The predicted molar refractivity (Wildman–Crippen MR) is 63.7 cm³/mol. The number of hydrogen-bond donors (Lipinski definition) is 1. The molecule has 1 aromatic heterocycles. The Morgan fingerprint density at radius 1 is 1.29 bits per heavy atom. The van der Waals surface area contributed by atoms with Gasteiger partial charge >= 0.3 is 0 Å². The molecule has 0 radical (unpaired) electrons. The Balaban J connectivity index is 2.35. The van der Waals surface area contributed by atoms with E-state index in [1.807, 2.05) is 11.3 Å². The molecule has 0 saturated heterocycles. The summed E-state index contributed by atoms with van der Waals surface area (Å²) >= 11 is 1.91. The van der Waals surface area contributed by atoms with E-state index in [-0.39, 0.29) is 0 Å². The summed E-state index contributed by atoms with van der Waals surface area (Å²) < 4.78 is 0. The van der Waals surface area contributed by atoms with E-state index in [2.05, 4.69) is 43.4 Å². The van der Waals surface area contributed by atoms with Crippen LogP contribution < -0.4 is 5.32 Å². The molecular weight excluding hydrogens is 192 g/mol. The summed E-state index contributed by atoms with van der Waals surface area (Å²) in [6, 6.07) is 4.46. The lowest BCUT2D eigenvalue weighted by Gasteiger charge is -2.06. The molecule has 0 fully saturated rings. The Hall–Kier alpha value is -0.380. The van der Waals surface area contributed by atoms with Crippen LogP contribution in [0.25, 0.3) is 0 Å². The summed E-state index contributed by atoms with van der Waals surface area (Å²) in [7, 11) is 4.21. The fourth-order valence-electron chi connectivity index (χ4n) is 1.30. The van der Waals surface area contributed by atoms with E-state index in [0.717, 1.165) is 19.6 Å². The van der Waals surface area contributed by atoms with Crippen molar-refractivity contribution in [1.82, 2.24) is 10.2 Å². The molecule has 0 unspecified atom stereocenters. The molecule has 2 nitrogen and oxygen atoms in total. The quantitative estimate of drug-likeness (QED) is 0.728. The molecule has 0 spiro atoms. The molecule has 0 saturated carbocycles. The smallest absolute Gasteiger partial charge is 0.0321 e. The first kappa shape index (κ1) is 11.7. The molecule has 0 bridgehead atoms. The van der Waals surface area contributed by atoms with Gasteiger partial charge in [-0.2, -0.15) is 0 Å². The molecule has 1 rings (SSSR count). The van der Waals surface area contributed by atoms with Crippen molar-refractivity contribution in [2.45, 2.75) is 26.4 Å². The highest BCUT2D eigenvalue weighted by Gasteiger charge is 2.00. The van der Waals surface area contributed by atoms with Gasteiger partial charge < -0.3 is 10.2 Å². The normalized spacial score (nSPS) is 11.1. The second-order valence-electron chi connectivity index (χ2n) is 3.78. The van der Waals surface area contributed by atoms with Crippen molar-refractivity contribution in [2.75, 3.05) is 20.6 Å². The monoisotopic (exact) mass is 212 g/mol.